The first-order valence-electron chi connectivity index (χ1n) is 7.12. The number of aromatic nitrogens is 2. The van der Waals surface area contributed by atoms with Crippen LogP contribution in [0.2, 0.25) is 0 Å². The molecule has 0 bridgehead atoms. The monoisotopic (exact) mass is 289 g/mol. The lowest BCUT2D eigenvalue weighted by molar-refractivity contribution is 0.150. The summed E-state index contributed by atoms with van der Waals surface area (Å²) in [5, 5.41) is 4.52. The molecule has 114 valence electrons. The lowest BCUT2D eigenvalue weighted by Crippen LogP contribution is -2.01. The highest BCUT2D eigenvalue weighted by molar-refractivity contribution is 5.81. The third-order valence-electron chi connectivity index (χ3n) is 3.48. The van der Waals surface area contributed by atoms with Gasteiger partial charge in [-0.3, -0.25) is 4.68 Å². The van der Waals surface area contributed by atoms with Gasteiger partial charge in [0.25, 0.3) is 0 Å². The number of nitrogens with zero attached hydrogens (tertiary/aromatic N) is 2. The Morgan fingerprint density at radius 1 is 1.33 bits per heavy atom. The molecule has 0 atom stereocenters. The van der Waals surface area contributed by atoms with Crippen molar-refractivity contribution in [1.29, 1.82) is 0 Å². The van der Waals surface area contributed by atoms with E-state index in [2.05, 4.69) is 18.1 Å². The first kappa shape index (κ1) is 15.4. The number of aryl methyl sites for hydroxylation is 2. The normalized spacial score (nSPS) is 10.9. The van der Waals surface area contributed by atoms with E-state index in [9.17, 15) is 0 Å². The molecule has 2 rings (SSSR count). The fourth-order valence-corrected chi connectivity index (χ4v) is 2.39. The summed E-state index contributed by atoms with van der Waals surface area (Å²) in [5.74, 6) is 1.45. The van der Waals surface area contributed by atoms with Crippen molar-refractivity contribution >= 4 is 5.82 Å². The van der Waals surface area contributed by atoms with Crippen molar-refractivity contribution in [3.05, 3.63) is 29.5 Å². The van der Waals surface area contributed by atoms with E-state index in [4.69, 9.17) is 15.2 Å². The predicted molar refractivity (Wildman–Crippen MR) is 84.5 cm³/mol. The second kappa shape index (κ2) is 6.63. The summed E-state index contributed by atoms with van der Waals surface area (Å²) in [6.07, 6.45) is 0.727. The van der Waals surface area contributed by atoms with Gasteiger partial charge >= 0.3 is 0 Å². The molecule has 0 unspecified atom stereocenters. The smallest absolute Gasteiger partial charge is 0.129 e. The molecule has 0 aliphatic heterocycles. The Balaban J connectivity index is 2.49. The summed E-state index contributed by atoms with van der Waals surface area (Å²) < 4.78 is 12.6. The zero-order chi connectivity index (χ0) is 15.4. The molecule has 1 heterocycles. The average Bonchev–Trinajstić information content (AvgIpc) is 2.74. The molecule has 0 aliphatic carbocycles. The number of hydrogen-bond acceptors (Lipinski definition) is 4. The highest BCUT2D eigenvalue weighted by atomic mass is 16.5. The van der Waals surface area contributed by atoms with Crippen LogP contribution in [-0.2, 0) is 18.2 Å². The molecule has 0 amide bonds. The van der Waals surface area contributed by atoms with Crippen LogP contribution < -0.4 is 10.5 Å². The molecule has 0 aliphatic rings. The standard InChI is InChI=1S/C16H23N3O2/c1-5-21-9-8-13-15(16(17)19(3)18-13)12-10-11(2)6-7-14(12)20-4/h6-7,10H,5,8-9,17H2,1-4H3. The molecule has 0 radical (unpaired) electrons. The number of nitrogen functional groups attached to an aromatic ring is 1. The fraction of sp³-hybridized carbons (Fsp3) is 0.438. The van der Waals surface area contributed by atoms with Crippen LogP contribution in [0, 0.1) is 6.92 Å². The van der Waals surface area contributed by atoms with Crippen molar-refractivity contribution in [2.45, 2.75) is 20.3 Å². The third kappa shape index (κ3) is 3.19. The van der Waals surface area contributed by atoms with E-state index >= 15 is 0 Å². The van der Waals surface area contributed by atoms with Gasteiger partial charge in [0.05, 0.1) is 25.0 Å². The molecule has 21 heavy (non-hydrogen) atoms. The number of rotatable bonds is 6. The van der Waals surface area contributed by atoms with Gasteiger partial charge in [-0.15, -0.1) is 0 Å². The molecule has 0 fully saturated rings. The van der Waals surface area contributed by atoms with Crippen LogP contribution in [-0.4, -0.2) is 30.1 Å². The highest BCUT2D eigenvalue weighted by Gasteiger charge is 2.19. The van der Waals surface area contributed by atoms with E-state index in [1.165, 1.54) is 0 Å². The molecular formula is C16H23N3O2. The summed E-state index contributed by atoms with van der Waals surface area (Å²) in [6, 6.07) is 6.06. The Bertz CT molecular complexity index is 620. The number of methoxy groups -OCH3 is 1. The molecule has 1 aromatic heterocycles. The Morgan fingerprint density at radius 3 is 2.76 bits per heavy atom. The maximum absolute atomic E-state index is 6.22. The van der Waals surface area contributed by atoms with Gasteiger partial charge in [0.2, 0.25) is 0 Å². The van der Waals surface area contributed by atoms with Crippen LogP contribution >= 0.6 is 0 Å². The summed E-state index contributed by atoms with van der Waals surface area (Å²) in [4.78, 5) is 0. The molecule has 5 nitrogen and oxygen atoms in total. The van der Waals surface area contributed by atoms with E-state index in [1.807, 2.05) is 26.1 Å². The third-order valence-corrected chi connectivity index (χ3v) is 3.48. The van der Waals surface area contributed by atoms with Gasteiger partial charge < -0.3 is 15.2 Å². The fourth-order valence-electron chi connectivity index (χ4n) is 2.39. The van der Waals surface area contributed by atoms with Crippen LogP contribution in [0.4, 0.5) is 5.82 Å². The molecular weight excluding hydrogens is 266 g/mol. The largest absolute Gasteiger partial charge is 0.496 e. The summed E-state index contributed by atoms with van der Waals surface area (Å²) >= 11 is 0. The average molecular weight is 289 g/mol. The van der Waals surface area contributed by atoms with Gasteiger partial charge in [-0.05, 0) is 26.0 Å². The van der Waals surface area contributed by atoms with E-state index in [1.54, 1.807) is 11.8 Å². The van der Waals surface area contributed by atoms with Crippen LogP contribution in [0.1, 0.15) is 18.2 Å². The number of nitrogens with two attached hydrogens (primary N) is 1. The second-order valence-electron chi connectivity index (χ2n) is 4.98. The topological polar surface area (TPSA) is 62.3 Å². The SMILES string of the molecule is CCOCCc1nn(C)c(N)c1-c1cc(C)ccc1OC. The lowest BCUT2D eigenvalue weighted by Gasteiger charge is -2.11. The van der Waals surface area contributed by atoms with E-state index in [0.29, 0.717) is 19.0 Å². The molecule has 5 heteroatoms. The Kier molecular flexibility index (Phi) is 4.85. The predicted octanol–water partition coefficient (Wildman–Crippen LogP) is 2.57. The van der Waals surface area contributed by atoms with Crippen LogP contribution in [0.25, 0.3) is 11.1 Å². The number of benzene rings is 1. The Labute approximate surface area is 125 Å². The molecule has 2 aromatic rings. The van der Waals surface area contributed by atoms with Crippen molar-refractivity contribution < 1.29 is 9.47 Å². The maximum Gasteiger partial charge on any atom is 0.129 e. The first-order chi connectivity index (χ1) is 10.1. The maximum atomic E-state index is 6.22. The minimum atomic E-state index is 0.633. The van der Waals surface area contributed by atoms with E-state index in [0.717, 1.165) is 34.6 Å². The van der Waals surface area contributed by atoms with Crippen molar-refractivity contribution in [2.24, 2.45) is 7.05 Å². The van der Waals surface area contributed by atoms with Gasteiger partial charge in [0, 0.05) is 25.6 Å². The Morgan fingerprint density at radius 2 is 2.10 bits per heavy atom. The molecule has 0 saturated heterocycles. The van der Waals surface area contributed by atoms with E-state index in [-0.39, 0.29) is 0 Å². The minimum absolute atomic E-state index is 0.633. The summed E-state index contributed by atoms with van der Waals surface area (Å²) in [7, 11) is 3.52. The number of hydrogen-bond donors (Lipinski definition) is 1. The molecule has 0 saturated carbocycles. The van der Waals surface area contributed by atoms with Crippen molar-refractivity contribution in [3.63, 3.8) is 0 Å². The molecule has 1 aromatic carbocycles. The zero-order valence-electron chi connectivity index (χ0n) is 13.1. The van der Waals surface area contributed by atoms with Crippen LogP contribution in [0.3, 0.4) is 0 Å². The van der Waals surface area contributed by atoms with Crippen LogP contribution in [0.5, 0.6) is 5.75 Å². The quantitative estimate of drug-likeness (QED) is 0.830. The zero-order valence-corrected chi connectivity index (χ0v) is 13.1. The molecule has 2 N–H and O–H groups in total. The highest BCUT2D eigenvalue weighted by Crippen LogP contribution is 2.37. The van der Waals surface area contributed by atoms with Gasteiger partial charge in [0.1, 0.15) is 11.6 Å². The van der Waals surface area contributed by atoms with Gasteiger partial charge in [-0.25, -0.2) is 0 Å². The van der Waals surface area contributed by atoms with Crippen LogP contribution in [0.15, 0.2) is 18.2 Å². The first-order valence-corrected chi connectivity index (χ1v) is 7.12. The summed E-state index contributed by atoms with van der Waals surface area (Å²) in [6.45, 7) is 5.37. The summed E-state index contributed by atoms with van der Waals surface area (Å²) in [5.41, 5.74) is 10.2. The van der Waals surface area contributed by atoms with Gasteiger partial charge in [0.15, 0.2) is 0 Å². The number of anilines is 1. The van der Waals surface area contributed by atoms with Crippen molar-refractivity contribution in [2.75, 3.05) is 26.1 Å². The molecule has 0 spiro atoms. The van der Waals surface area contributed by atoms with Crippen molar-refractivity contribution in [3.8, 4) is 16.9 Å². The van der Waals surface area contributed by atoms with Gasteiger partial charge in [-0.1, -0.05) is 11.6 Å². The van der Waals surface area contributed by atoms with Gasteiger partial charge in [-0.2, -0.15) is 5.10 Å². The minimum Gasteiger partial charge on any atom is -0.496 e. The van der Waals surface area contributed by atoms with Crippen molar-refractivity contribution in [1.82, 2.24) is 9.78 Å². The van der Waals surface area contributed by atoms with E-state index < -0.39 is 0 Å². The lowest BCUT2D eigenvalue weighted by atomic mass is 10.0. The Hall–Kier alpha value is -2.01. The second-order valence-corrected chi connectivity index (χ2v) is 4.98. The number of ether oxygens (including phenoxy) is 2.